The minimum Gasteiger partial charge on any atom is -0.481 e. The van der Waals surface area contributed by atoms with E-state index in [2.05, 4.69) is 30.9 Å². The van der Waals surface area contributed by atoms with Gasteiger partial charge >= 0.3 is 11.9 Å². The molecular formula is C28H38N8O7. The lowest BCUT2D eigenvalue weighted by atomic mass is 10.0. The molecule has 43 heavy (non-hydrogen) atoms. The summed E-state index contributed by atoms with van der Waals surface area (Å²) in [6.45, 7) is 0.378. The Hall–Kier alpha value is -4.76. The number of unbranched alkanes of at least 4 members (excludes halogenated alkanes) is 1. The van der Waals surface area contributed by atoms with Crippen LogP contribution in [0.15, 0.2) is 43.0 Å². The van der Waals surface area contributed by atoms with Crippen LogP contribution in [0.25, 0.3) is 10.9 Å². The summed E-state index contributed by atoms with van der Waals surface area (Å²) in [6.07, 6.45) is 5.27. The fraction of sp³-hybridized carbons (Fsp3) is 0.429. The first kappa shape index (κ1) is 32.8. The molecule has 0 spiro atoms. The number of nitrogens with zero attached hydrogens (tertiary/aromatic N) is 1. The van der Waals surface area contributed by atoms with Gasteiger partial charge in [0.1, 0.15) is 18.1 Å². The number of benzene rings is 1. The van der Waals surface area contributed by atoms with Crippen molar-refractivity contribution < 1.29 is 34.2 Å². The van der Waals surface area contributed by atoms with Gasteiger partial charge in [-0.1, -0.05) is 18.2 Å². The second kappa shape index (κ2) is 16.0. The molecule has 3 amide bonds. The van der Waals surface area contributed by atoms with E-state index in [-0.39, 0.29) is 32.1 Å². The predicted molar refractivity (Wildman–Crippen MR) is 155 cm³/mol. The average molecular weight is 599 g/mol. The number of aromatic nitrogens is 3. The van der Waals surface area contributed by atoms with Gasteiger partial charge in [-0.15, -0.1) is 0 Å². The number of rotatable bonds is 18. The van der Waals surface area contributed by atoms with E-state index >= 15 is 0 Å². The normalized spacial score (nSPS) is 13.9. The smallest absolute Gasteiger partial charge is 0.326 e. The molecule has 0 saturated heterocycles. The van der Waals surface area contributed by atoms with E-state index in [1.165, 1.54) is 12.5 Å². The SMILES string of the molecule is NCCCCC(NC(=O)C(Cc1c[nH]c2ccccc12)NC(=O)C(Cc1cnc[nH]1)NC(=O)C(N)CCC(=O)O)C(=O)O. The highest BCUT2D eigenvalue weighted by atomic mass is 16.4. The molecule has 0 radical (unpaired) electrons. The van der Waals surface area contributed by atoms with Crippen molar-refractivity contribution in [2.75, 3.05) is 6.54 Å². The zero-order valence-electron chi connectivity index (χ0n) is 23.5. The van der Waals surface area contributed by atoms with Gasteiger partial charge in [0.2, 0.25) is 17.7 Å². The van der Waals surface area contributed by atoms with Crippen molar-refractivity contribution in [1.29, 1.82) is 0 Å². The third-order valence-corrected chi connectivity index (χ3v) is 6.91. The average Bonchev–Trinajstić information content (AvgIpc) is 3.64. The van der Waals surface area contributed by atoms with E-state index in [4.69, 9.17) is 16.6 Å². The van der Waals surface area contributed by atoms with Crippen LogP contribution in [0.4, 0.5) is 0 Å². The van der Waals surface area contributed by atoms with E-state index in [0.717, 1.165) is 10.9 Å². The number of carbonyl (C=O) groups is 5. The molecule has 0 fully saturated rings. The molecule has 1 aromatic carbocycles. The van der Waals surface area contributed by atoms with Crippen molar-refractivity contribution >= 4 is 40.6 Å². The first-order valence-corrected chi connectivity index (χ1v) is 13.9. The Kier molecular flexibility index (Phi) is 12.2. The van der Waals surface area contributed by atoms with E-state index in [0.29, 0.717) is 30.6 Å². The first-order valence-electron chi connectivity index (χ1n) is 13.9. The molecular weight excluding hydrogens is 560 g/mol. The fourth-order valence-corrected chi connectivity index (χ4v) is 4.54. The third kappa shape index (κ3) is 9.93. The van der Waals surface area contributed by atoms with Gasteiger partial charge in [-0.3, -0.25) is 19.2 Å². The summed E-state index contributed by atoms with van der Waals surface area (Å²) in [5, 5.41) is 27.2. The number of aliphatic carboxylic acids is 2. The Bertz CT molecular complexity index is 1390. The molecule has 0 saturated carbocycles. The van der Waals surface area contributed by atoms with Crippen LogP contribution >= 0.6 is 0 Å². The third-order valence-electron chi connectivity index (χ3n) is 6.91. The minimum atomic E-state index is -1.22. The number of hydrogen-bond donors (Lipinski definition) is 9. The topological polar surface area (TPSA) is 258 Å². The number of fused-ring (bicyclic) bond motifs is 1. The number of carboxylic acids is 2. The Morgan fingerprint density at radius 2 is 1.53 bits per heavy atom. The number of hydrogen-bond acceptors (Lipinski definition) is 8. The van der Waals surface area contributed by atoms with Crippen molar-refractivity contribution in [3.8, 4) is 0 Å². The van der Waals surface area contributed by atoms with Gasteiger partial charge < -0.3 is 47.6 Å². The van der Waals surface area contributed by atoms with Gasteiger partial charge in [-0.2, -0.15) is 0 Å². The zero-order chi connectivity index (χ0) is 31.4. The Labute approximate surface area is 247 Å². The lowest BCUT2D eigenvalue weighted by Crippen LogP contribution is -2.58. The maximum absolute atomic E-state index is 13.6. The summed E-state index contributed by atoms with van der Waals surface area (Å²) in [7, 11) is 0. The van der Waals surface area contributed by atoms with Crippen LogP contribution in [-0.4, -0.2) is 85.5 Å². The highest BCUT2D eigenvalue weighted by Crippen LogP contribution is 2.19. The van der Waals surface area contributed by atoms with Crippen LogP contribution in [0, 0.1) is 0 Å². The number of imidazole rings is 1. The second-order valence-electron chi connectivity index (χ2n) is 10.2. The number of para-hydroxylation sites is 1. The van der Waals surface area contributed by atoms with E-state index in [9.17, 15) is 29.1 Å². The number of aromatic amines is 2. The highest BCUT2D eigenvalue weighted by molar-refractivity contribution is 5.95. The van der Waals surface area contributed by atoms with Crippen LogP contribution < -0.4 is 27.4 Å². The van der Waals surface area contributed by atoms with Crippen molar-refractivity contribution in [2.24, 2.45) is 11.5 Å². The van der Waals surface area contributed by atoms with Crippen molar-refractivity contribution in [3.63, 3.8) is 0 Å². The maximum Gasteiger partial charge on any atom is 0.326 e. The zero-order valence-corrected chi connectivity index (χ0v) is 23.5. The monoisotopic (exact) mass is 598 g/mol. The van der Waals surface area contributed by atoms with Crippen LogP contribution in [0.2, 0.25) is 0 Å². The lowest BCUT2D eigenvalue weighted by Gasteiger charge is -2.25. The van der Waals surface area contributed by atoms with Crippen LogP contribution in [0.1, 0.15) is 43.4 Å². The van der Waals surface area contributed by atoms with Crippen molar-refractivity contribution in [3.05, 3.63) is 54.2 Å². The van der Waals surface area contributed by atoms with Gasteiger partial charge in [-0.05, 0) is 43.9 Å². The molecule has 0 aliphatic heterocycles. The lowest BCUT2D eigenvalue weighted by molar-refractivity contribution is -0.142. The van der Waals surface area contributed by atoms with Crippen molar-refractivity contribution in [2.45, 2.75) is 69.1 Å². The van der Waals surface area contributed by atoms with Gasteiger partial charge in [0, 0.05) is 48.3 Å². The molecule has 2 aromatic heterocycles. The number of nitrogens with one attached hydrogen (secondary N) is 5. The largest absolute Gasteiger partial charge is 0.481 e. The highest BCUT2D eigenvalue weighted by Gasteiger charge is 2.31. The number of carbonyl (C=O) groups excluding carboxylic acids is 3. The summed E-state index contributed by atoms with van der Waals surface area (Å²) >= 11 is 0. The molecule has 11 N–H and O–H groups in total. The van der Waals surface area contributed by atoms with Crippen LogP contribution in [-0.2, 0) is 36.8 Å². The predicted octanol–water partition coefficient (Wildman–Crippen LogP) is -0.464. The second-order valence-corrected chi connectivity index (χ2v) is 10.2. The number of H-pyrrole nitrogens is 2. The number of nitrogens with two attached hydrogens (primary N) is 2. The van der Waals surface area contributed by atoms with E-state index in [1.807, 2.05) is 24.3 Å². The summed E-state index contributed by atoms with van der Waals surface area (Å²) in [6, 6.07) is 2.55. The first-order chi connectivity index (χ1) is 20.6. The molecule has 3 aromatic rings. The number of amides is 3. The van der Waals surface area contributed by atoms with Crippen molar-refractivity contribution in [1.82, 2.24) is 30.9 Å². The molecule has 15 nitrogen and oxygen atoms in total. The van der Waals surface area contributed by atoms with E-state index in [1.54, 1.807) is 6.20 Å². The summed E-state index contributed by atoms with van der Waals surface area (Å²) in [5.74, 6) is -4.54. The Morgan fingerprint density at radius 3 is 2.19 bits per heavy atom. The molecule has 0 aliphatic carbocycles. The molecule has 3 rings (SSSR count). The molecule has 0 aliphatic rings. The Balaban J connectivity index is 1.85. The Morgan fingerprint density at radius 1 is 0.860 bits per heavy atom. The summed E-state index contributed by atoms with van der Waals surface area (Å²) < 4.78 is 0. The summed E-state index contributed by atoms with van der Waals surface area (Å²) in [5.41, 5.74) is 13.4. The molecule has 2 heterocycles. The maximum atomic E-state index is 13.6. The molecule has 0 bridgehead atoms. The standard InChI is InChI=1S/C28H38N8O7/c29-10-4-3-7-21(28(42)43)34-26(40)22(11-16-13-32-20-6-2-1-5-18(16)20)36-27(41)23(12-17-14-31-15-33-17)35-25(39)19(30)8-9-24(37)38/h1-2,5-6,13-15,19,21-23,32H,3-4,7-12,29-30H2,(H,31,33)(H,34,40)(H,35,39)(H,36,41)(H,37,38)(H,42,43). The van der Waals surface area contributed by atoms with Gasteiger partial charge in [0.05, 0.1) is 12.4 Å². The molecule has 4 atom stereocenters. The van der Waals surface area contributed by atoms with Gasteiger partial charge in [0.25, 0.3) is 0 Å². The van der Waals surface area contributed by atoms with Crippen LogP contribution in [0.3, 0.4) is 0 Å². The fourth-order valence-electron chi connectivity index (χ4n) is 4.54. The van der Waals surface area contributed by atoms with Crippen LogP contribution in [0.5, 0.6) is 0 Å². The van der Waals surface area contributed by atoms with Gasteiger partial charge in [-0.25, -0.2) is 9.78 Å². The molecule has 15 heteroatoms. The molecule has 232 valence electrons. The van der Waals surface area contributed by atoms with Gasteiger partial charge in [0.15, 0.2) is 0 Å². The molecule has 4 unspecified atom stereocenters. The summed E-state index contributed by atoms with van der Waals surface area (Å²) in [4.78, 5) is 72.6. The minimum absolute atomic E-state index is 0.0135. The quantitative estimate of drug-likeness (QED) is 0.0851. The number of carboxylic acid groups (broad SMARTS) is 2. The van der Waals surface area contributed by atoms with E-state index < -0.39 is 53.8 Å².